The maximum atomic E-state index is 12.2. The summed E-state index contributed by atoms with van der Waals surface area (Å²) in [4.78, 5) is 12.2. The van der Waals surface area contributed by atoms with E-state index in [1.54, 1.807) is 0 Å². The van der Waals surface area contributed by atoms with Gasteiger partial charge in [0.2, 0.25) is 0 Å². The average molecular weight is 389 g/mol. The molecular weight excluding hydrogens is 370 g/mol. The molecule has 0 aromatic heterocycles. The van der Waals surface area contributed by atoms with Crippen LogP contribution in [0.3, 0.4) is 0 Å². The van der Waals surface area contributed by atoms with E-state index in [-0.39, 0.29) is 5.91 Å². The van der Waals surface area contributed by atoms with Gasteiger partial charge >= 0.3 is 0 Å². The van der Waals surface area contributed by atoms with E-state index < -0.39 is 0 Å². The molecule has 1 aliphatic carbocycles. The van der Waals surface area contributed by atoms with E-state index in [0.717, 1.165) is 27.5 Å². The number of carbonyl (C=O) groups is 1. The Balaban J connectivity index is 1.94. The molecule has 1 N–H and O–H groups in total. The molecule has 2 nitrogen and oxygen atoms in total. The molecule has 1 aromatic carbocycles. The first-order valence-corrected chi connectivity index (χ1v) is 8.63. The van der Waals surface area contributed by atoms with Gasteiger partial charge in [-0.1, -0.05) is 38.3 Å². The van der Waals surface area contributed by atoms with Crippen LogP contribution >= 0.6 is 31.9 Å². The Bertz CT molecular complexity index is 441. The van der Waals surface area contributed by atoms with Gasteiger partial charge in [0.05, 0.1) is 0 Å². The zero-order chi connectivity index (χ0) is 13.8. The van der Waals surface area contributed by atoms with Gasteiger partial charge in [0, 0.05) is 21.9 Å². The Morgan fingerprint density at radius 3 is 2.74 bits per heavy atom. The number of rotatable bonds is 4. The van der Waals surface area contributed by atoms with E-state index in [1.807, 2.05) is 25.1 Å². The first-order chi connectivity index (χ1) is 9.10. The molecule has 0 radical (unpaired) electrons. The van der Waals surface area contributed by atoms with Crippen LogP contribution < -0.4 is 5.32 Å². The normalized spacial score (nSPS) is 22.5. The fourth-order valence-corrected chi connectivity index (χ4v) is 4.24. The molecule has 2 atom stereocenters. The van der Waals surface area contributed by atoms with Crippen molar-refractivity contribution in [1.29, 1.82) is 0 Å². The van der Waals surface area contributed by atoms with E-state index in [9.17, 15) is 4.79 Å². The van der Waals surface area contributed by atoms with E-state index in [2.05, 4.69) is 37.2 Å². The summed E-state index contributed by atoms with van der Waals surface area (Å²) in [5.74, 6) is 1.37. The van der Waals surface area contributed by atoms with Crippen molar-refractivity contribution in [3.05, 3.63) is 33.8 Å². The van der Waals surface area contributed by atoms with Crippen LogP contribution in [0, 0.1) is 18.8 Å². The number of aryl methyl sites for hydroxylation is 1. The molecule has 2 unspecified atom stereocenters. The maximum absolute atomic E-state index is 12.2. The van der Waals surface area contributed by atoms with E-state index in [4.69, 9.17) is 0 Å². The lowest BCUT2D eigenvalue weighted by molar-refractivity contribution is 0.0944. The van der Waals surface area contributed by atoms with Crippen molar-refractivity contribution in [3.8, 4) is 0 Å². The molecule has 2 rings (SSSR count). The Labute approximate surface area is 131 Å². The summed E-state index contributed by atoms with van der Waals surface area (Å²) in [6.45, 7) is 2.79. The van der Waals surface area contributed by atoms with E-state index in [1.165, 1.54) is 19.3 Å². The lowest BCUT2D eigenvalue weighted by atomic mass is 9.98. The second-order valence-corrected chi connectivity index (χ2v) is 6.90. The predicted molar refractivity (Wildman–Crippen MR) is 85.8 cm³/mol. The number of alkyl halides is 1. The van der Waals surface area contributed by atoms with Crippen molar-refractivity contribution < 1.29 is 4.79 Å². The largest absolute Gasteiger partial charge is 0.352 e. The van der Waals surface area contributed by atoms with Crippen LogP contribution in [-0.2, 0) is 0 Å². The fraction of sp³-hybridized carbons (Fsp3) is 0.533. The molecule has 0 heterocycles. The fourth-order valence-electron chi connectivity index (χ4n) is 2.78. The number of hydrogen-bond acceptors (Lipinski definition) is 1. The van der Waals surface area contributed by atoms with Crippen LogP contribution in [0.2, 0.25) is 0 Å². The zero-order valence-electron chi connectivity index (χ0n) is 11.1. The third-order valence-corrected chi connectivity index (χ3v) is 5.13. The summed E-state index contributed by atoms with van der Waals surface area (Å²) >= 11 is 7.00. The van der Waals surface area contributed by atoms with E-state index >= 15 is 0 Å². The van der Waals surface area contributed by atoms with Crippen LogP contribution in [0.1, 0.15) is 35.2 Å². The molecule has 104 valence electrons. The Morgan fingerprint density at radius 2 is 2.05 bits per heavy atom. The second-order valence-electron chi connectivity index (χ2n) is 5.33. The van der Waals surface area contributed by atoms with E-state index in [0.29, 0.717) is 11.8 Å². The molecule has 0 bridgehead atoms. The van der Waals surface area contributed by atoms with Gasteiger partial charge in [-0.25, -0.2) is 0 Å². The zero-order valence-corrected chi connectivity index (χ0v) is 14.3. The molecule has 1 fully saturated rings. The third kappa shape index (κ3) is 4.06. The summed E-state index contributed by atoms with van der Waals surface area (Å²) in [5, 5.41) is 4.12. The summed E-state index contributed by atoms with van der Waals surface area (Å²) < 4.78 is 0.955. The van der Waals surface area contributed by atoms with Gasteiger partial charge in [0.25, 0.3) is 5.91 Å². The molecule has 0 aliphatic heterocycles. The highest BCUT2D eigenvalue weighted by atomic mass is 79.9. The highest BCUT2D eigenvalue weighted by Crippen LogP contribution is 2.32. The van der Waals surface area contributed by atoms with Crippen molar-refractivity contribution in [2.45, 2.75) is 26.2 Å². The minimum absolute atomic E-state index is 0.0321. The standard InChI is InChI=1S/C15H19Br2NO/c1-10-5-13(7-14(17)6-10)15(19)18-9-12-4-2-3-11(12)8-16/h5-7,11-12H,2-4,8-9H2,1H3,(H,18,19). The molecule has 1 saturated carbocycles. The Morgan fingerprint density at radius 1 is 1.32 bits per heavy atom. The van der Waals surface area contributed by atoms with Crippen molar-refractivity contribution in [1.82, 2.24) is 5.32 Å². The van der Waals surface area contributed by atoms with Gasteiger partial charge in [0.1, 0.15) is 0 Å². The molecule has 0 spiro atoms. The van der Waals surface area contributed by atoms with Gasteiger partial charge in [-0.2, -0.15) is 0 Å². The van der Waals surface area contributed by atoms with Crippen molar-refractivity contribution >= 4 is 37.8 Å². The highest BCUT2D eigenvalue weighted by molar-refractivity contribution is 9.10. The minimum atomic E-state index is 0.0321. The van der Waals surface area contributed by atoms with Crippen LogP contribution in [-0.4, -0.2) is 17.8 Å². The topological polar surface area (TPSA) is 29.1 Å². The van der Waals surface area contributed by atoms with Crippen LogP contribution in [0.4, 0.5) is 0 Å². The number of halogens is 2. The summed E-state index contributed by atoms with van der Waals surface area (Å²) in [6, 6.07) is 5.81. The van der Waals surface area contributed by atoms with Gasteiger partial charge in [-0.3, -0.25) is 4.79 Å². The number of amides is 1. The van der Waals surface area contributed by atoms with Gasteiger partial charge in [0.15, 0.2) is 0 Å². The first kappa shape index (κ1) is 15.0. The molecule has 4 heteroatoms. The molecule has 1 aliphatic rings. The average Bonchev–Trinajstić information content (AvgIpc) is 2.82. The number of benzene rings is 1. The van der Waals surface area contributed by atoms with Crippen LogP contribution in [0.5, 0.6) is 0 Å². The number of carbonyl (C=O) groups excluding carboxylic acids is 1. The smallest absolute Gasteiger partial charge is 0.251 e. The second kappa shape index (κ2) is 6.89. The van der Waals surface area contributed by atoms with Crippen molar-refractivity contribution in [2.75, 3.05) is 11.9 Å². The first-order valence-electron chi connectivity index (χ1n) is 6.71. The molecule has 19 heavy (non-hydrogen) atoms. The SMILES string of the molecule is Cc1cc(Br)cc(C(=O)NCC2CCCC2CBr)c1. The van der Waals surface area contributed by atoms with Crippen molar-refractivity contribution in [3.63, 3.8) is 0 Å². The lowest BCUT2D eigenvalue weighted by Gasteiger charge is -2.17. The maximum Gasteiger partial charge on any atom is 0.251 e. The third-order valence-electron chi connectivity index (χ3n) is 3.84. The number of nitrogens with one attached hydrogen (secondary N) is 1. The highest BCUT2D eigenvalue weighted by Gasteiger charge is 2.26. The Hall–Kier alpha value is -0.350. The number of hydrogen-bond donors (Lipinski definition) is 1. The molecular formula is C15H19Br2NO. The van der Waals surface area contributed by atoms with Gasteiger partial charge in [-0.05, 0) is 55.4 Å². The quantitative estimate of drug-likeness (QED) is 0.765. The predicted octanol–water partition coefficient (Wildman–Crippen LogP) is 4.30. The molecule has 1 aromatic rings. The summed E-state index contributed by atoms with van der Waals surface area (Å²) in [7, 11) is 0. The van der Waals surface area contributed by atoms with Crippen LogP contribution in [0.15, 0.2) is 22.7 Å². The summed E-state index contributed by atoms with van der Waals surface area (Å²) in [5.41, 5.74) is 1.83. The summed E-state index contributed by atoms with van der Waals surface area (Å²) in [6.07, 6.45) is 3.79. The van der Waals surface area contributed by atoms with Gasteiger partial charge in [-0.15, -0.1) is 0 Å². The molecule has 1 amide bonds. The Kier molecular flexibility index (Phi) is 5.46. The molecule has 0 saturated heterocycles. The monoisotopic (exact) mass is 387 g/mol. The van der Waals surface area contributed by atoms with Crippen LogP contribution in [0.25, 0.3) is 0 Å². The van der Waals surface area contributed by atoms with Crippen molar-refractivity contribution in [2.24, 2.45) is 11.8 Å². The minimum Gasteiger partial charge on any atom is -0.352 e. The lowest BCUT2D eigenvalue weighted by Crippen LogP contribution is -2.31. The van der Waals surface area contributed by atoms with Gasteiger partial charge < -0.3 is 5.32 Å².